The summed E-state index contributed by atoms with van der Waals surface area (Å²) in [4.78, 5) is 0. The minimum atomic E-state index is -7.93. The van der Waals surface area contributed by atoms with Crippen molar-refractivity contribution in [2.75, 3.05) is 0 Å². The second kappa shape index (κ2) is 4.12. The number of hydrogen-bond donors (Lipinski definition) is 4. The van der Waals surface area contributed by atoms with Crippen LogP contribution in [0.4, 0.5) is 0 Å². The molecule has 0 aromatic heterocycles. The summed E-state index contributed by atoms with van der Waals surface area (Å²) in [5.74, 6) is 0. The quantitative estimate of drug-likeness (QED) is 0.370. The Morgan fingerprint density at radius 1 is 0.471 bits per heavy atom. The zero-order valence-corrected chi connectivity index (χ0v) is 11.8. The van der Waals surface area contributed by atoms with Crippen LogP contribution in [-0.4, -0.2) is 51.9 Å². The molecule has 17 heavy (non-hydrogen) atoms. The van der Waals surface area contributed by atoms with E-state index in [2.05, 4.69) is 0 Å². The molecule has 0 aliphatic carbocycles. The molecule has 0 saturated carbocycles. The van der Waals surface area contributed by atoms with Gasteiger partial charge in [-0.3, -0.25) is 0 Å². The van der Waals surface area contributed by atoms with Crippen molar-refractivity contribution in [3.8, 4) is 0 Å². The van der Waals surface area contributed by atoms with Crippen LogP contribution >= 0.6 is 0 Å². The van der Waals surface area contributed by atoms with Crippen molar-refractivity contribution >= 4 is 33.1 Å². The first-order valence-corrected chi connectivity index (χ1v) is 15.2. The molecule has 0 amide bonds. The van der Waals surface area contributed by atoms with Crippen molar-refractivity contribution in [3.05, 3.63) is 0 Å². The first kappa shape index (κ1) is 17.2. The molecule has 12 nitrogen and oxygen atoms in total. The van der Waals surface area contributed by atoms with Gasteiger partial charge in [-0.05, 0) is 0 Å². The molecule has 0 heterocycles. The van der Waals surface area contributed by atoms with Gasteiger partial charge in [0.05, 0.1) is 0 Å². The van der Waals surface area contributed by atoms with Crippen LogP contribution in [0.1, 0.15) is 0 Å². The third-order valence-corrected chi connectivity index (χ3v) is 41.9. The van der Waals surface area contributed by atoms with Gasteiger partial charge in [0, 0.05) is 0 Å². The molecule has 0 spiro atoms. The number of rotatable bonds is 4. The average Bonchev–Trinajstić information content (AvgIpc) is 1.67. The van der Waals surface area contributed by atoms with E-state index in [0.717, 1.165) is 0 Å². The van der Waals surface area contributed by atoms with E-state index in [1.54, 1.807) is 0 Å². The van der Waals surface area contributed by atoms with Gasteiger partial charge in [0.15, 0.2) is 0 Å². The summed E-state index contributed by atoms with van der Waals surface area (Å²) in [5, 5.41) is 0. The van der Waals surface area contributed by atoms with Crippen LogP contribution in [0.2, 0.25) is 0 Å². The Bertz CT molecular complexity index is 577. The molecule has 0 fully saturated rings. The molecule has 0 saturated heterocycles. The standard InChI is InChI=1S/4HO3S.V/c4*1-4(2)3;/h4*(H,1,2,3);. The zero-order valence-electron chi connectivity index (χ0n) is 7.14. The molecule has 17 heteroatoms. The topological polar surface area (TPSA) is 217 Å². The first-order chi connectivity index (χ1) is 7.00. The van der Waals surface area contributed by atoms with Gasteiger partial charge < -0.3 is 0 Å². The van der Waals surface area contributed by atoms with Gasteiger partial charge in [-0.25, -0.2) is 0 Å². The van der Waals surface area contributed by atoms with E-state index in [-0.39, 0.29) is 0 Å². The summed E-state index contributed by atoms with van der Waals surface area (Å²) >= 11 is 0. The summed E-state index contributed by atoms with van der Waals surface area (Å²) < 4.78 is 118. The maximum atomic E-state index is 10.6. The summed E-state index contributed by atoms with van der Waals surface area (Å²) in [6.45, 7) is 0. The van der Waals surface area contributed by atoms with Gasteiger partial charge in [-0.15, -0.1) is 0 Å². The molecule has 4 N–H and O–H groups in total. The van der Waals surface area contributed by atoms with Crippen LogP contribution in [0.25, 0.3) is 0 Å². The SMILES string of the molecule is O=[S](=O)(O)[V]([S](=O)(=O)O)([S](=O)(=O)O)[S](=O)(=O)O. The Morgan fingerprint density at radius 3 is 0.588 bits per heavy atom. The van der Waals surface area contributed by atoms with Gasteiger partial charge >= 0.3 is 94.3 Å². The predicted molar refractivity (Wildman–Crippen MR) is 46.2 cm³/mol. The Hall–Kier alpha value is 0.224. The van der Waals surface area contributed by atoms with E-state index in [0.29, 0.717) is 0 Å². The molecule has 0 aromatic rings. The van der Waals surface area contributed by atoms with Crippen LogP contribution in [-0.2, 0) is 42.4 Å². The normalized spacial score (nSPS) is 15.8. The molecule has 0 radical (unpaired) electrons. The second-order valence-corrected chi connectivity index (χ2v) is 30.6. The minimum absolute atomic E-state index is 6.54. The molecule has 0 aliphatic heterocycles. The third-order valence-electron chi connectivity index (χ3n) is 1.13. The molecule has 0 aliphatic rings. The summed E-state index contributed by atoms with van der Waals surface area (Å²) in [5.41, 5.74) is 0. The Morgan fingerprint density at radius 2 is 0.588 bits per heavy atom. The van der Waals surface area contributed by atoms with Gasteiger partial charge in [0.1, 0.15) is 0 Å². The first-order valence-electron chi connectivity index (χ1n) is 2.79. The summed E-state index contributed by atoms with van der Waals surface area (Å²) in [6, 6.07) is 0. The second-order valence-electron chi connectivity index (χ2n) is 2.24. The van der Waals surface area contributed by atoms with Crippen molar-refractivity contribution < 1.29 is 61.2 Å². The average molecular weight is 375 g/mol. The van der Waals surface area contributed by atoms with Crippen LogP contribution in [0.3, 0.4) is 0 Å². The zero-order chi connectivity index (χ0) is 14.5. The van der Waals surface area contributed by atoms with Crippen molar-refractivity contribution in [1.29, 1.82) is 0 Å². The molecular weight excluding hydrogens is 371 g/mol. The Labute approximate surface area is 94.0 Å². The maximum absolute atomic E-state index is 10.6. The molecule has 0 rings (SSSR count). The summed E-state index contributed by atoms with van der Waals surface area (Å²) in [6.07, 6.45) is 0. The van der Waals surface area contributed by atoms with Crippen LogP contribution in [0, 0.1) is 0 Å². The van der Waals surface area contributed by atoms with Crippen LogP contribution < -0.4 is 0 Å². The van der Waals surface area contributed by atoms with Gasteiger partial charge in [-0.1, -0.05) is 0 Å². The van der Waals surface area contributed by atoms with Gasteiger partial charge in [-0.2, -0.15) is 0 Å². The van der Waals surface area contributed by atoms with E-state index in [1.807, 2.05) is 0 Å². The van der Waals surface area contributed by atoms with Crippen molar-refractivity contribution in [2.45, 2.75) is 0 Å². The van der Waals surface area contributed by atoms with E-state index in [4.69, 9.17) is 18.2 Å². The van der Waals surface area contributed by atoms with Crippen molar-refractivity contribution in [1.82, 2.24) is 0 Å². The molecule has 105 valence electrons. The third kappa shape index (κ3) is 2.50. The van der Waals surface area contributed by atoms with E-state index in [9.17, 15) is 33.7 Å². The Kier molecular flexibility index (Phi) is 4.17. The monoisotopic (exact) mass is 375 g/mol. The van der Waals surface area contributed by atoms with Crippen LogP contribution in [0.15, 0.2) is 0 Å². The molecule has 0 bridgehead atoms. The molecule has 0 unspecified atom stereocenters. The van der Waals surface area contributed by atoms with E-state index < -0.39 is 42.4 Å². The van der Waals surface area contributed by atoms with Crippen molar-refractivity contribution in [2.24, 2.45) is 0 Å². The van der Waals surface area contributed by atoms with E-state index in [1.165, 1.54) is 0 Å². The van der Waals surface area contributed by atoms with Gasteiger partial charge in [0.2, 0.25) is 0 Å². The fourth-order valence-corrected chi connectivity index (χ4v) is 26.5. The molecular formula is H4O12S4V. The number of hydrogen-bond acceptors (Lipinski definition) is 8. The molecule has 0 atom stereocenters. The molecule has 0 aromatic carbocycles. The summed E-state index contributed by atoms with van der Waals surface area (Å²) in [7, 11) is -34.1. The fraction of sp³-hybridized carbons (Fsp3) is 0. The fourth-order valence-electron chi connectivity index (χ4n) is 0.714. The Balaban J connectivity index is 7.38. The van der Waals surface area contributed by atoms with Crippen molar-refractivity contribution in [3.63, 3.8) is 0 Å². The predicted octanol–water partition coefficient (Wildman–Crippen LogP) is -2.65. The van der Waals surface area contributed by atoms with Gasteiger partial charge in [0.25, 0.3) is 0 Å². The van der Waals surface area contributed by atoms with E-state index >= 15 is 0 Å². The van der Waals surface area contributed by atoms with Crippen LogP contribution in [0.5, 0.6) is 0 Å².